The number of likely N-dealkylation sites (tertiary alicyclic amines) is 1. The molecule has 0 aromatic heterocycles. The zero-order valence-corrected chi connectivity index (χ0v) is 10.6. The minimum atomic E-state index is -0.694. The monoisotopic (exact) mass is 228 g/mol. The molecule has 0 radical (unpaired) electrons. The van der Waals surface area contributed by atoms with Crippen LogP contribution >= 0.6 is 0 Å². The molecule has 0 amide bonds. The minimum Gasteiger partial charge on any atom is -0.481 e. The second-order valence-electron chi connectivity index (χ2n) is 5.03. The maximum absolute atomic E-state index is 10.7. The Morgan fingerprint density at radius 2 is 2.06 bits per heavy atom. The summed E-state index contributed by atoms with van der Waals surface area (Å²) < 4.78 is 0. The fourth-order valence-electron chi connectivity index (χ4n) is 2.77. The van der Waals surface area contributed by atoms with Crippen LogP contribution in [-0.4, -0.2) is 49.2 Å². The molecule has 4 nitrogen and oxygen atoms in total. The summed E-state index contributed by atoms with van der Waals surface area (Å²) in [7, 11) is 4.09. The summed E-state index contributed by atoms with van der Waals surface area (Å²) in [5, 5.41) is 12.1. The fraction of sp³-hybridized carbons (Fsp3) is 0.917. The maximum Gasteiger partial charge on any atom is 0.303 e. The highest BCUT2D eigenvalue weighted by molar-refractivity contribution is 5.67. The molecule has 1 heterocycles. The zero-order valence-electron chi connectivity index (χ0n) is 10.6. The van der Waals surface area contributed by atoms with Crippen molar-refractivity contribution in [1.82, 2.24) is 10.2 Å². The summed E-state index contributed by atoms with van der Waals surface area (Å²) >= 11 is 0. The lowest BCUT2D eigenvalue weighted by Gasteiger charge is -2.36. The predicted octanol–water partition coefficient (Wildman–Crippen LogP) is 1.03. The van der Waals surface area contributed by atoms with E-state index >= 15 is 0 Å². The molecule has 1 rings (SSSR count). The van der Waals surface area contributed by atoms with Gasteiger partial charge in [-0.25, -0.2) is 0 Å². The Morgan fingerprint density at radius 1 is 1.50 bits per heavy atom. The average Bonchev–Trinajstić information content (AvgIpc) is 2.21. The number of hydrogen-bond donors (Lipinski definition) is 2. The number of nitrogens with one attached hydrogen (secondary N) is 1. The summed E-state index contributed by atoms with van der Waals surface area (Å²) in [5.41, 5.74) is 0. The number of piperidine rings is 1. The highest BCUT2D eigenvalue weighted by Gasteiger charge is 2.29. The molecular formula is C12H24N2O2. The number of carbonyl (C=O) groups is 1. The topological polar surface area (TPSA) is 52.6 Å². The van der Waals surface area contributed by atoms with Gasteiger partial charge in [-0.05, 0) is 51.9 Å². The van der Waals surface area contributed by atoms with E-state index in [-0.39, 0.29) is 12.3 Å². The van der Waals surface area contributed by atoms with Gasteiger partial charge in [-0.1, -0.05) is 6.92 Å². The lowest BCUT2D eigenvalue weighted by Crippen LogP contribution is -2.44. The molecule has 1 fully saturated rings. The molecule has 0 aromatic carbocycles. The summed E-state index contributed by atoms with van der Waals surface area (Å²) in [6, 6.07) is 0.338. The molecule has 0 bridgehead atoms. The van der Waals surface area contributed by atoms with Gasteiger partial charge in [0.25, 0.3) is 0 Å². The van der Waals surface area contributed by atoms with Crippen molar-refractivity contribution in [2.45, 2.75) is 32.2 Å². The van der Waals surface area contributed by atoms with Crippen molar-refractivity contribution in [1.29, 1.82) is 0 Å². The number of nitrogens with zero attached hydrogens (tertiary/aromatic N) is 1. The number of rotatable bonds is 5. The molecule has 2 atom stereocenters. The van der Waals surface area contributed by atoms with E-state index in [0.717, 1.165) is 13.1 Å². The molecule has 0 aromatic rings. The highest BCUT2D eigenvalue weighted by atomic mass is 16.4. The van der Waals surface area contributed by atoms with Gasteiger partial charge < -0.3 is 15.3 Å². The van der Waals surface area contributed by atoms with Gasteiger partial charge in [0.2, 0.25) is 0 Å². The van der Waals surface area contributed by atoms with Crippen molar-refractivity contribution in [2.24, 2.45) is 11.8 Å². The fourth-order valence-corrected chi connectivity index (χ4v) is 2.77. The third-order valence-corrected chi connectivity index (χ3v) is 3.71. The summed E-state index contributed by atoms with van der Waals surface area (Å²) in [4.78, 5) is 13.1. The van der Waals surface area contributed by atoms with Gasteiger partial charge in [-0.2, -0.15) is 0 Å². The van der Waals surface area contributed by atoms with Crippen molar-refractivity contribution in [3.8, 4) is 0 Å². The van der Waals surface area contributed by atoms with Gasteiger partial charge in [-0.3, -0.25) is 4.79 Å². The molecule has 0 spiro atoms. The SMILES string of the molecule is CNC(C(C)CC(=O)O)C1CCN(C)CC1. The maximum atomic E-state index is 10.7. The van der Waals surface area contributed by atoms with Crippen LogP contribution in [-0.2, 0) is 4.79 Å². The molecular weight excluding hydrogens is 204 g/mol. The van der Waals surface area contributed by atoms with E-state index < -0.39 is 5.97 Å². The molecule has 0 saturated carbocycles. The molecule has 1 aliphatic heterocycles. The molecule has 2 N–H and O–H groups in total. The molecule has 1 aliphatic rings. The van der Waals surface area contributed by atoms with Crippen LogP contribution in [0.4, 0.5) is 0 Å². The molecule has 94 valence electrons. The summed E-state index contributed by atoms with van der Waals surface area (Å²) in [5.74, 6) is 0.132. The predicted molar refractivity (Wildman–Crippen MR) is 64.5 cm³/mol. The van der Waals surface area contributed by atoms with E-state index in [1.165, 1.54) is 12.8 Å². The lowest BCUT2D eigenvalue weighted by atomic mass is 9.81. The first kappa shape index (κ1) is 13.5. The Hall–Kier alpha value is -0.610. The van der Waals surface area contributed by atoms with Gasteiger partial charge in [0.1, 0.15) is 0 Å². The molecule has 16 heavy (non-hydrogen) atoms. The van der Waals surface area contributed by atoms with E-state index in [2.05, 4.69) is 17.3 Å². The molecule has 4 heteroatoms. The molecule has 1 saturated heterocycles. The number of carboxylic acids is 1. The van der Waals surface area contributed by atoms with Gasteiger partial charge >= 0.3 is 5.97 Å². The van der Waals surface area contributed by atoms with Crippen molar-refractivity contribution in [2.75, 3.05) is 27.2 Å². The van der Waals surface area contributed by atoms with Crippen molar-refractivity contribution >= 4 is 5.97 Å². The second-order valence-corrected chi connectivity index (χ2v) is 5.03. The van der Waals surface area contributed by atoms with Crippen LogP contribution in [0, 0.1) is 11.8 Å². The largest absolute Gasteiger partial charge is 0.481 e. The normalized spacial score (nSPS) is 22.9. The Bertz CT molecular complexity index is 225. The lowest BCUT2D eigenvalue weighted by molar-refractivity contribution is -0.138. The Morgan fingerprint density at radius 3 is 2.50 bits per heavy atom. The van der Waals surface area contributed by atoms with Crippen molar-refractivity contribution in [3.63, 3.8) is 0 Å². The van der Waals surface area contributed by atoms with E-state index in [9.17, 15) is 4.79 Å². The Balaban J connectivity index is 2.49. The third-order valence-electron chi connectivity index (χ3n) is 3.71. The highest BCUT2D eigenvalue weighted by Crippen LogP contribution is 2.25. The van der Waals surface area contributed by atoms with Crippen molar-refractivity contribution < 1.29 is 9.90 Å². The first-order valence-electron chi connectivity index (χ1n) is 6.12. The van der Waals surface area contributed by atoms with Crippen LogP contribution in [0.5, 0.6) is 0 Å². The number of aliphatic carboxylic acids is 1. The summed E-state index contributed by atoms with van der Waals surface area (Å²) in [6.45, 7) is 4.29. The number of carboxylic acid groups (broad SMARTS) is 1. The first-order valence-corrected chi connectivity index (χ1v) is 6.12. The van der Waals surface area contributed by atoms with Crippen LogP contribution in [0.1, 0.15) is 26.2 Å². The van der Waals surface area contributed by atoms with Crippen LogP contribution in [0.15, 0.2) is 0 Å². The van der Waals surface area contributed by atoms with Crippen LogP contribution in [0.2, 0.25) is 0 Å². The number of hydrogen-bond acceptors (Lipinski definition) is 3. The van der Waals surface area contributed by atoms with Gasteiger partial charge in [0, 0.05) is 12.5 Å². The van der Waals surface area contributed by atoms with Gasteiger partial charge in [0.15, 0.2) is 0 Å². The second kappa shape index (κ2) is 6.21. The van der Waals surface area contributed by atoms with E-state index in [1.807, 2.05) is 14.0 Å². The van der Waals surface area contributed by atoms with E-state index in [1.54, 1.807) is 0 Å². The van der Waals surface area contributed by atoms with Crippen molar-refractivity contribution in [3.05, 3.63) is 0 Å². The van der Waals surface area contributed by atoms with E-state index in [0.29, 0.717) is 12.0 Å². The standard InChI is InChI=1S/C12H24N2O2/c1-9(8-11(15)16)12(13-2)10-4-6-14(3)7-5-10/h9-10,12-13H,4-8H2,1-3H3,(H,15,16). The minimum absolute atomic E-state index is 0.205. The molecule has 0 aliphatic carbocycles. The third kappa shape index (κ3) is 3.76. The Kier molecular flexibility index (Phi) is 5.22. The van der Waals surface area contributed by atoms with Crippen LogP contribution in [0.3, 0.4) is 0 Å². The van der Waals surface area contributed by atoms with Crippen LogP contribution in [0.25, 0.3) is 0 Å². The quantitative estimate of drug-likeness (QED) is 0.738. The van der Waals surface area contributed by atoms with Crippen LogP contribution < -0.4 is 5.32 Å². The van der Waals surface area contributed by atoms with Gasteiger partial charge in [-0.15, -0.1) is 0 Å². The molecule has 2 unspecified atom stereocenters. The smallest absolute Gasteiger partial charge is 0.303 e. The Labute approximate surface area is 98.0 Å². The first-order chi connectivity index (χ1) is 7.54. The van der Waals surface area contributed by atoms with E-state index in [4.69, 9.17) is 5.11 Å². The average molecular weight is 228 g/mol. The zero-order chi connectivity index (χ0) is 12.1. The summed E-state index contributed by atoms with van der Waals surface area (Å²) in [6.07, 6.45) is 2.61. The van der Waals surface area contributed by atoms with Gasteiger partial charge in [0.05, 0.1) is 0 Å².